The smallest absolute Gasteiger partial charge is 0.312 e. The van der Waals surface area contributed by atoms with Crippen molar-refractivity contribution in [2.24, 2.45) is 5.73 Å². The number of aromatic nitrogens is 3. The quantitative estimate of drug-likeness (QED) is 0.588. The van der Waals surface area contributed by atoms with Crippen molar-refractivity contribution in [2.75, 3.05) is 0 Å². The topological polar surface area (TPSA) is 152 Å². The molecular formula is C17H17N7O4. The molecule has 0 saturated carbocycles. The van der Waals surface area contributed by atoms with Gasteiger partial charge in [0.2, 0.25) is 11.8 Å². The Morgan fingerprint density at radius 1 is 1.32 bits per heavy atom. The van der Waals surface area contributed by atoms with Crippen molar-refractivity contribution in [3.05, 3.63) is 41.2 Å². The van der Waals surface area contributed by atoms with E-state index in [9.17, 15) is 19.2 Å². The van der Waals surface area contributed by atoms with Crippen LogP contribution in [0.15, 0.2) is 24.4 Å². The molecule has 28 heavy (non-hydrogen) atoms. The predicted molar refractivity (Wildman–Crippen MR) is 93.8 cm³/mol. The number of imide groups is 1. The monoisotopic (exact) mass is 383 g/mol. The number of nitrogens with one attached hydrogen (secondary N) is 2. The molecule has 1 aromatic heterocycles. The minimum atomic E-state index is -0.654. The molecule has 1 aromatic carbocycles. The van der Waals surface area contributed by atoms with Gasteiger partial charge in [0.15, 0.2) is 0 Å². The molecule has 0 radical (unpaired) electrons. The van der Waals surface area contributed by atoms with Crippen LogP contribution >= 0.6 is 0 Å². The van der Waals surface area contributed by atoms with Crippen LogP contribution in [0.3, 0.4) is 0 Å². The predicted octanol–water partition coefficient (Wildman–Crippen LogP) is -0.803. The number of carbonyl (C=O) groups is 4. The summed E-state index contributed by atoms with van der Waals surface area (Å²) in [5, 5.41) is 12.7. The number of amides is 5. The van der Waals surface area contributed by atoms with Gasteiger partial charge in [-0.15, -0.1) is 5.10 Å². The van der Waals surface area contributed by atoms with Crippen LogP contribution in [0.4, 0.5) is 4.79 Å². The molecule has 3 heterocycles. The van der Waals surface area contributed by atoms with E-state index in [1.165, 1.54) is 9.58 Å². The van der Waals surface area contributed by atoms with Crippen molar-refractivity contribution in [1.82, 2.24) is 30.5 Å². The lowest BCUT2D eigenvalue weighted by atomic mass is 10.0. The Hall–Kier alpha value is -3.76. The number of hydrogen-bond acceptors (Lipinski definition) is 6. The number of nitrogens with two attached hydrogens (primary N) is 1. The molecule has 4 N–H and O–H groups in total. The summed E-state index contributed by atoms with van der Waals surface area (Å²) in [4.78, 5) is 48.4. The van der Waals surface area contributed by atoms with Gasteiger partial charge in [0, 0.05) is 18.5 Å². The standard InChI is InChI=1S/C17H17N7O4/c18-17(28)19-6-10-8-24(22-21-10)11-1-2-12-9(5-11)7-23(16(12)27)13-3-4-14(25)20-15(13)26/h1-2,5,8,13H,3-4,6-7H2,(H3,18,19,28)(H,20,25,26). The average Bonchev–Trinajstić information content (AvgIpc) is 3.25. The van der Waals surface area contributed by atoms with Crippen molar-refractivity contribution in [3.63, 3.8) is 0 Å². The molecule has 1 fully saturated rings. The summed E-state index contributed by atoms with van der Waals surface area (Å²) in [5.41, 5.74) is 7.53. The lowest BCUT2D eigenvalue weighted by molar-refractivity contribution is -0.136. The largest absolute Gasteiger partial charge is 0.352 e. The Morgan fingerprint density at radius 2 is 2.14 bits per heavy atom. The lowest BCUT2D eigenvalue weighted by Crippen LogP contribution is -2.52. The number of piperidine rings is 1. The fourth-order valence-corrected chi connectivity index (χ4v) is 3.39. The van der Waals surface area contributed by atoms with Crippen LogP contribution in [0.5, 0.6) is 0 Å². The maximum Gasteiger partial charge on any atom is 0.312 e. The summed E-state index contributed by atoms with van der Waals surface area (Å²) < 4.78 is 1.53. The molecule has 1 saturated heterocycles. The van der Waals surface area contributed by atoms with Gasteiger partial charge in [-0.25, -0.2) is 9.48 Å². The number of benzene rings is 1. The normalized spacial score (nSPS) is 18.8. The lowest BCUT2D eigenvalue weighted by Gasteiger charge is -2.29. The highest BCUT2D eigenvalue weighted by Crippen LogP contribution is 2.28. The molecule has 11 nitrogen and oxygen atoms in total. The van der Waals surface area contributed by atoms with Gasteiger partial charge in [0.05, 0.1) is 18.4 Å². The van der Waals surface area contributed by atoms with Gasteiger partial charge in [0.25, 0.3) is 5.91 Å². The zero-order valence-electron chi connectivity index (χ0n) is 14.7. The van der Waals surface area contributed by atoms with Gasteiger partial charge < -0.3 is 16.0 Å². The average molecular weight is 383 g/mol. The van der Waals surface area contributed by atoms with E-state index in [1.54, 1.807) is 24.4 Å². The number of carbonyl (C=O) groups excluding carboxylic acids is 4. The van der Waals surface area contributed by atoms with Crippen LogP contribution in [-0.4, -0.2) is 49.7 Å². The summed E-state index contributed by atoms with van der Waals surface area (Å²) >= 11 is 0. The number of hydrogen-bond donors (Lipinski definition) is 3. The van der Waals surface area contributed by atoms with Crippen LogP contribution in [-0.2, 0) is 22.7 Å². The zero-order valence-corrected chi connectivity index (χ0v) is 14.7. The Kier molecular flexibility index (Phi) is 4.26. The Balaban J connectivity index is 1.53. The first-order valence-corrected chi connectivity index (χ1v) is 8.65. The number of nitrogens with zero attached hydrogens (tertiary/aromatic N) is 4. The third-order valence-corrected chi connectivity index (χ3v) is 4.76. The molecule has 2 aliphatic rings. The first kappa shape index (κ1) is 17.6. The molecule has 144 valence electrons. The molecule has 0 bridgehead atoms. The number of urea groups is 1. The SMILES string of the molecule is NC(=O)NCc1cn(-c2ccc3c(c2)CN(C2CCC(=O)NC2=O)C3=O)nn1. The first-order chi connectivity index (χ1) is 13.4. The maximum absolute atomic E-state index is 12.7. The van der Waals surface area contributed by atoms with E-state index in [1.807, 2.05) is 0 Å². The minimum Gasteiger partial charge on any atom is -0.352 e. The minimum absolute atomic E-state index is 0.155. The van der Waals surface area contributed by atoms with Gasteiger partial charge in [0.1, 0.15) is 11.7 Å². The van der Waals surface area contributed by atoms with Crippen LogP contribution < -0.4 is 16.4 Å². The van der Waals surface area contributed by atoms with E-state index < -0.39 is 18.0 Å². The van der Waals surface area contributed by atoms with Gasteiger partial charge in [-0.1, -0.05) is 5.21 Å². The summed E-state index contributed by atoms with van der Waals surface area (Å²) in [6, 6.07) is 3.91. The molecule has 0 aliphatic carbocycles. The fraction of sp³-hybridized carbons (Fsp3) is 0.294. The van der Waals surface area contributed by atoms with Gasteiger partial charge in [-0.2, -0.15) is 0 Å². The van der Waals surface area contributed by atoms with Gasteiger partial charge in [-0.3, -0.25) is 19.7 Å². The number of rotatable bonds is 4. The van der Waals surface area contributed by atoms with E-state index in [-0.39, 0.29) is 31.3 Å². The third-order valence-electron chi connectivity index (χ3n) is 4.76. The van der Waals surface area contributed by atoms with Crippen molar-refractivity contribution in [3.8, 4) is 5.69 Å². The van der Waals surface area contributed by atoms with Crippen LogP contribution in [0, 0.1) is 0 Å². The fourth-order valence-electron chi connectivity index (χ4n) is 3.39. The van der Waals surface area contributed by atoms with Crippen LogP contribution in [0.2, 0.25) is 0 Å². The highest BCUT2D eigenvalue weighted by atomic mass is 16.2. The van der Waals surface area contributed by atoms with E-state index in [0.717, 1.165) is 5.56 Å². The zero-order chi connectivity index (χ0) is 19.8. The van der Waals surface area contributed by atoms with E-state index in [0.29, 0.717) is 23.4 Å². The molecule has 11 heteroatoms. The van der Waals surface area contributed by atoms with E-state index in [2.05, 4.69) is 20.9 Å². The van der Waals surface area contributed by atoms with Crippen LogP contribution in [0.1, 0.15) is 34.5 Å². The Morgan fingerprint density at radius 3 is 2.89 bits per heavy atom. The summed E-state index contributed by atoms with van der Waals surface area (Å²) in [6.45, 7) is 0.432. The molecule has 1 unspecified atom stereocenters. The second-order valence-corrected chi connectivity index (χ2v) is 6.61. The number of fused-ring (bicyclic) bond motifs is 1. The van der Waals surface area contributed by atoms with Crippen LogP contribution in [0.25, 0.3) is 5.69 Å². The maximum atomic E-state index is 12.7. The molecule has 2 aliphatic heterocycles. The second-order valence-electron chi connectivity index (χ2n) is 6.61. The van der Waals surface area contributed by atoms with E-state index >= 15 is 0 Å². The summed E-state index contributed by atoms with van der Waals surface area (Å²) in [5.74, 6) is -0.998. The molecule has 2 aromatic rings. The van der Waals surface area contributed by atoms with E-state index in [4.69, 9.17) is 5.73 Å². The molecular weight excluding hydrogens is 366 g/mol. The third kappa shape index (κ3) is 3.17. The van der Waals surface area contributed by atoms with Crippen molar-refractivity contribution >= 4 is 23.8 Å². The molecule has 0 spiro atoms. The highest BCUT2D eigenvalue weighted by Gasteiger charge is 2.39. The van der Waals surface area contributed by atoms with Crippen molar-refractivity contribution in [2.45, 2.75) is 32.0 Å². The number of primary amides is 1. The highest BCUT2D eigenvalue weighted by molar-refractivity contribution is 6.05. The van der Waals surface area contributed by atoms with Gasteiger partial charge in [-0.05, 0) is 30.2 Å². The molecule has 1 atom stereocenters. The van der Waals surface area contributed by atoms with Crippen molar-refractivity contribution < 1.29 is 19.2 Å². The Bertz CT molecular complexity index is 999. The molecule has 4 rings (SSSR count). The van der Waals surface area contributed by atoms with Gasteiger partial charge >= 0.3 is 6.03 Å². The second kappa shape index (κ2) is 6.76. The first-order valence-electron chi connectivity index (χ1n) is 8.65. The summed E-state index contributed by atoms with van der Waals surface area (Å²) in [7, 11) is 0. The molecule has 5 amide bonds. The summed E-state index contributed by atoms with van der Waals surface area (Å²) in [6.07, 6.45) is 2.17. The van der Waals surface area contributed by atoms with Crippen molar-refractivity contribution in [1.29, 1.82) is 0 Å². The Labute approximate surface area is 158 Å².